The molecule has 8 nitrogen and oxygen atoms in total. The lowest BCUT2D eigenvalue weighted by Crippen LogP contribution is -2.45. The van der Waals surface area contributed by atoms with Crippen LogP contribution in [0.25, 0.3) is 11.5 Å². The predicted molar refractivity (Wildman–Crippen MR) is 110 cm³/mol. The van der Waals surface area contributed by atoms with Gasteiger partial charge < -0.3 is 18.8 Å². The van der Waals surface area contributed by atoms with E-state index in [1.54, 1.807) is 26.2 Å². The van der Waals surface area contributed by atoms with Crippen molar-refractivity contribution in [2.45, 2.75) is 46.6 Å². The average molecular weight is 415 g/mol. The van der Waals surface area contributed by atoms with Crippen molar-refractivity contribution in [1.29, 1.82) is 0 Å². The second kappa shape index (κ2) is 8.85. The van der Waals surface area contributed by atoms with Crippen molar-refractivity contribution in [3.8, 4) is 17.2 Å². The second-order valence-electron chi connectivity index (χ2n) is 8.57. The first kappa shape index (κ1) is 21.8. The number of aromatic nitrogens is 2. The molecule has 0 N–H and O–H groups in total. The molecule has 0 spiro atoms. The van der Waals surface area contributed by atoms with E-state index < -0.39 is 11.5 Å². The Kier molecular flexibility index (Phi) is 6.43. The molecule has 1 atom stereocenters. The molecule has 3 rings (SSSR count). The molecule has 1 amide bonds. The van der Waals surface area contributed by atoms with Crippen molar-refractivity contribution in [3.05, 3.63) is 30.2 Å². The lowest BCUT2D eigenvalue weighted by molar-refractivity contribution is -0.158. The third kappa shape index (κ3) is 4.98. The van der Waals surface area contributed by atoms with Crippen molar-refractivity contribution in [2.24, 2.45) is 11.3 Å². The normalized spacial score (nSPS) is 16.2. The fraction of sp³-hybridized carbons (Fsp3) is 0.545. The summed E-state index contributed by atoms with van der Waals surface area (Å²) in [6.07, 6.45) is 0.536. The monoisotopic (exact) mass is 415 g/mol. The Hall–Kier alpha value is -2.90. The molecule has 1 aliphatic rings. The van der Waals surface area contributed by atoms with Crippen LogP contribution in [0.1, 0.15) is 52.5 Å². The molecule has 162 valence electrons. The van der Waals surface area contributed by atoms with Crippen molar-refractivity contribution < 1.29 is 23.5 Å². The predicted octanol–water partition coefficient (Wildman–Crippen LogP) is 3.63. The molecule has 8 heteroatoms. The molecule has 1 aliphatic heterocycles. The number of methoxy groups -OCH3 is 1. The van der Waals surface area contributed by atoms with Crippen molar-refractivity contribution >= 4 is 11.9 Å². The van der Waals surface area contributed by atoms with Gasteiger partial charge >= 0.3 is 5.97 Å². The SMILES string of the molecule is COc1ccc(-c2nnc(C(C)OC(=O)C3CCN(C(=O)C(C)(C)C)CC3)o2)cc1. The highest BCUT2D eigenvalue weighted by atomic mass is 16.6. The van der Waals surface area contributed by atoms with Crippen LogP contribution in [0.4, 0.5) is 0 Å². The number of rotatable bonds is 5. The Morgan fingerprint density at radius 1 is 1.13 bits per heavy atom. The first-order chi connectivity index (χ1) is 14.2. The van der Waals surface area contributed by atoms with Crippen LogP contribution in [-0.2, 0) is 14.3 Å². The van der Waals surface area contributed by atoms with Gasteiger partial charge in [0.25, 0.3) is 5.89 Å². The zero-order chi connectivity index (χ0) is 21.9. The van der Waals surface area contributed by atoms with Gasteiger partial charge in [-0.3, -0.25) is 9.59 Å². The van der Waals surface area contributed by atoms with Crippen LogP contribution in [0, 0.1) is 11.3 Å². The fourth-order valence-corrected chi connectivity index (χ4v) is 3.36. The van der Waals surface area contributed by atoms with E-state index in [2.05, 4.69) is 10.2 Å². The molecule has 1 unspecified atom stereocenters. The van der Waals surface area contributed by atoms with Crippen LogP contribution in [0.3, 0.4) is 0 Å². The van der Waals surface area contributed by atoms with Crippen LogP contribution >= 0.6 is 0 Å². The van der Waals surface area contributed by atoms with Gasteiger partial charge in [0, 0.05) is 24.1 Å². The Morgan fingerprint density at radius 3 is 2.33 bits per heavy atom. The standard InChI is InChI=1S/C22H29N3O5/c1-14(18-23-24-19(30-18)15-6-8-17(28-5)9-7-15)29-20(26)16-10-12-25(13-11-16)21(27)22(2,3)4/h6-9,14,16H,10-13H2,1-5H3. The Morgan fingerprint density at radius 2 is 1.77 bits per heavy atom. The number of amides is 1. The number of piperidine rings is 1. The van der Waals surface area contributed by atoms with Crippen LogP contribution in [-0.4, -0.2) is 47.2 Å². The fourth-order valence-electron chi connectivity index (χ4n) is 3.36. The number of carbonyl (C=O) groups is 2. The maximum absolute atomic E-state index is 12.6. The molecule has 1 saturated heterocycles. The summed E-state index contributed by atoms with van der Waals surface area (Å²) in [5.41, 5.74) is 0.338. The first-order valence-corrected chi connectivity index (χ1v) is 10.2. The second-order valence-corrected chi connectivity index (χ2v) is 8.57. The summed E-state index contributed by atoms with van der Waals surface area (Å²) in [7, 11) is 1.60. The lowest BCUT2D eigenvalue weighted by Gasteiger charge is -2.35. The topological polar surface area (TPSA) is 94.8 Å². The maximum Gasteiger partial charge on any atom is 0.309 e. The van der Waals surface area contributed by atoms with E-state index in [0.29, 0.717) is 31.8 Å². The molecule has 2 aromatic rings. The van der Waals surface area contributed by atoms with Gasteiger partial charge in [-0.25, -0.2) is 0 Å². The van der Waals surface area contributed by atoms with E-state index in [0.717, 1.165) is 11.3 Å². The summed E-state index contributed by atoms with van der Waals surface area (Å²) < 4.78 is 16.4. The number of hydrogen-bond donors (Lipinski definition) is 0. The van der Waals surface area contributed by atoms with Crippen LogP contribution in [0.15, 0.2) is 28.7 Å². The zero-order valence-corrected chi connectivity index (χ0v) is 18.2. The minimum atomic E-state index is -0.647. The Bertz CT molecular complexity index is 877. The smallest absolute Gasteiger partial charge is 0.309 e. The molecule has 30 heavy (non-hydrogen) atoms. The Labute approximate surface area is 176 Å². The molecule has 0 radical (unpaired) electrons. The minimum Gasteiger partial charge on any atom is -0.497 e. The summed E-state index contributed by atoms with van der Waals surface area (Å²) in [5.74, 6) is 0.907. The number of carbonyl (C=O) groups excluding carboxylic acids is 2. The van der Waals surface area contributed by atoms with Crippen LogP contribution < -0.4 is 4.74 Å². The van der Waals surface area contributed by atoms with E-state index >= 15 is 0 Å². The van der Waals surface area contributed by atoms with Crippen molar-refractivity contribution in [3.63, 3.8) is 0 Å². The van der Waals surface area contributed by atoms with Crippen molar-refractivity contribution in [2.75, 3.05) is 20.2 Å². The van der Waals surface area contributed by atoms with Gasteiger partial charge in [0.1, 0.15) is 5.75 Å². The summed E-state index contributed by atoms with van der Waals surface area (Å²) in [5, 5.41) is 8.06. The average Bonchev–Trinajstić information content (AvgIpc) is 3.23. The quantitative estimate of drug-likeness (QED) is 0.688. The summed E-state index contributed by atoms with van der Waals surface area (Å²) in [6.45, 7) is 8.55. The molecule has 0 saturated carbocycles. The molecule has 1 aromatic carbocycles. The van der Waals surface area contributed by atoms with Gasteiger partial charge in [-0.05, 0) is 44.0 Å². The third-order valence-electron chi connectivity index (χ3n) is 5.18. The van der Waals surface area contributed by atoms with Gasteiger partial charge in [0.15, 0.2) is 6.10 Å². The number of ether oxygens (including phenoxy) is 2. The van der Waals surface area contributed by atoms with E-state index in [1.165, 1.54) is 0 Å². The molecule has 2 heterocycles. The Balaban J connectivity index is 1.55. The third-order valence-corrected chi connectivity index (χ3v) is 5.18. The number of hydrogen-bond acceptors (Lipinski definition) is 7. The molecular formula is C22H29N3O5. The van der Waals surface area contributed by atoms with Gasteiger partial charge in [-0.1, -0.05) is 20.8 Å². The molecular weight excluding hydrogens is 386 g/mol. The van der Waals surface area contributed by atoms with E-state index in [-0.39, 0.29) is 23.7 Å². The molecule has 1 aromatic heterocycles. The number of benzene rings is 1. The highest BCUT2D eigenvalue weighted by Crippen LogP contribution is 2.28. The van der Waals surface area contributed by atoms with E-state index in [9.17, 15) is 9.59 Å². The van der Waals surface area contributed by atoms with Crippen LogP contribution in [0.5, 0.6) is 5.75 Å². The number of likely N-dealkylation sites (tertiary alicyclic amines) is 1. The summed E-state index contributed by atoms with van der Waals surface area (Å²) in [6, 6.07) is 7.25. The lowest BCUT2D eigenvalue weighted by atomic mass is 9.91. The molecule has 0 bridgehead atoms. The first-order valence-electron chi connectivity index (χ1n) is 10.2. The van der Waals surface area contributed by atoms with Gasteiger partial charge in [-0.2, -0.15) is 0 Å². The number of esters is 1. The zero-order valence-electron chi connectivity index (χ0n) is 18.2. The number of nitrogens with zero attached hydrogens (tertiary/aromatic N) is 3. The van der Waals surface area contributed by atoms with Gasteiger partial charge in [-0.15, -0.1) is 10.2 Å². The van der Waals surface area contributed by atoms with Gasteiger partial charge in [0.2, 0.25) is 11.8 Å². The molecule has 1 fully saturated rings. The van der Waals surface area contributed by atoms with Crippen LogP contribution in [0.2, 0.25) is 0 Å². The maximum atomic E-state index is 12.6. The summed E-state index contributed by atoms with van der Waals surface area (Å²) in [4.78, 5) is 26.8. The van der Waals surface area contributed by atoms with Crippen molar-refractivity contribution in [1.82, 2.24) is 15.1 Å². The highest BCUT2D eigenvalue weighted by Gasteiger charge is 2.34. The molecule has 0 aliphatic carbocycles. The largest absolute Gasteiger partial charge is 0.497 e. The minimum absolute atomic E-state index is 0.111. The summed E-state index contributed by atoms with van der Waals surface area (Å²) >= 11 is 0. The van der Waals surface area contributed by atoms with E-state index in [4.69, 9.17) is 13.9 Å². The van der Waals surface area contributed by atoms with Gasteiger partial charge in [0.05, 0.1) is 13.0 Å². The highest BCUT2D eigenvalue weighted by molar-refractivity contribution is 5.82. The van der Waals surface area contributed by atoms with E-state index in [1.807, 2.05) is 37.8 Å².